The molecule has 0 aliphatic heterocycles. The predicted molar refractivity (Wildman–Crippen MR) is 107 cm³/mol. The smallest absolute Gasteiger partial charge is 0.269 e. The van der Waals surface area contributed by atoms with Gasteiger partial charge in [0.1, 0.15) is 5.82 Å². The summed E-state index contributed by atoms with van der Waals surface area (Å²) in [5.74, 6) is 1.10. The lowest BCUT2D eigenvalue weighted by molar-refractivity contribution is -0.384. The lowest BCUT2D eigenvalue weighted by Crippen LogP contribution is -2.22. The van der Waals surface area contributed by atoms with E-state index >= 15 is 0 Å². The molecule has 0 saturated heterocycles. The van der Waals surface area contributed by atoms with Crippen molar-refractivity contribution in [1.82, 2.24) is 9.78 Å². The van der Waals surface area contributed by atoms with E-state index in [0.29, 0.717) is 35.3 Å². The van der Waals surface area contributed by atoms with Crippen LogP contribution in [0.2, 0.25) is 0 Å². The molecule has 9 nitrogen and oxygen atoms in total. The first kappa shape index (κ1) is 19.9. The number of ether oxygens (including phenoxy) is 2. The highest BCUT2D eigenvalue weighted by Gasteiger charge is 2.14. The SMILES string of the molecule is CCOc1ccccc1OCC(=O)Nc1cc(C)nn1-c1ccc([N+](=O)[O-])cc1. The van der Waals surface area contributed by atoms with Gasteiger partial charge in [0.2, 0.25) is 0 Å². The maximum atomic E-state index is 12.4. The number of rotatable bonds is 8. The first-order valence-electron chi connectivity index (χ1n) is 8.94. The van der Waals surface area contributed by atoms with Crippen molar-refractivity contribution in [1.29, 1.82) is 0 Å². The number of hydrogen-bond acceptors (Lipinski definition) is 6. The molecule has 2 aromatic carbocycles. The Morgan fingerprint density at radius 2 is 1.79 bits per heavy atom. The minimum absolute atomic E-state index is 0.0235. The molecule has 3 rings (SSSR count). The van der Waals surface area contributed by atoms with Crippen LogP contribution in [0.3, 0.4) is 0 Å². The molecule has 1 heterocycles. The minimum atomic E-state index is -0.474. The molecule has 1 N–H and O–H groups in total. The van der Waals surface area contributed by atoms with Crippen LogP contribution in [0.1, 0.15) is 12.6 Å². The van der Waals surface area contributed by atoms with Gasteiger partial charge in [-0.3, -0.25) is 14.9 Å². The van der Waals surface area contributed by atoms with E-state index in [-0.39, 0.29) is 18.2 Å². The summed E-state index contributed by atoms with van der Waals surface area (Å²) in [7, 11) is 0. The van der Waals surface area contributed by atoms with Crippen LogP contribution in [0.15, 0.2) is 54.6 Å². The van der Waals surface area contributed by atoms with Crippen molar-refractivity contribution in [2.75, 3.05) is 18.5 Å². The van der Waals surface area contributed by atoms with Crippen LogP contribution in [0, 0.1) is 17.0 Å². The quantitative estimate of drug-likeness (QED) is 0.461. The second kappa shape index (κ2) is 8.87. The monoisotopic (exact) mass is 396 g/mol. The lowest BCUT2D eigenvalue weighted by atomic mass is 10.3. The summed E-state index contributed by atoms with van der Waals surface area (Å²) in [5, 5.41) is 17.9. The molecule has 0 spiro atoms. The molecule has 0 bridgehead atoms. The molecule has 0 aliphatic carbocycles. The maximum Gasteiger partial charge on any atom is 0.269 e. The van der Waals surface area contributed by atoms with Crippen LogP contribution >= 0.6 is 0 Å². The van der Waals surface area contributed by atoms with Crippen LogP contribution in [0.4, 0.5) is 11.5 Å². The second-order valence-corrected chi connectivity index (χ2v) is 6.07. The van der Waals surface area contributed by atoms with Gasteiger partial charge in [0.05, 0.1) is 22.9 Å². The number of aryl methyl sites for hydroxylation is 1. The van der Waals surface area contributed by atoms with E-state index in [2.05, 4.69) is 10.4 Å². The van der Waals surface area contributed by atoms with Gasteiger partial charge in [-0.2, -0.15) is 5.10 Å². The first-order valence-corrected chi connectivity index (χ1v) is 8.94. The number of hydrogen-bond donors (Lipinski definition) is 1. The van der Waals surface area contributed by atoms with E-state index in [4.69, 9.17) is 9.47 Å². The Morgan fingerprint density at radius 1 is 1.14 bits per heavy atom. The van der Waals surface area contributed by atoms with Gasteiger partial charge in [-0.1, -0.05) is 12.1 Å². The second-order valence-electron chi connectivity index (χ2n) is 6.07. The Kier molecular flexibility index (Phi) is 6.08. The summed E-state index contributed by atoms with van der Waals surface area (Å²) >= 11 is 0. The minimum Gasteiger partial charge on any atom is -0.490 e. The van der Waals surface area contributed by atoms with E-state index in [9.17, 15) is 14.9 Å². The van der Waals surface area contributed by atoms with Crippen LogP contribution in [0.5, 0.6) is 11.5 Å². The van der Waals surface area contributed by atoms with E-state index in [1.165, 1.54) is 16.8 Å². The number of aromatic nitrogens is 2. The summed E-state index contributed by atoms with van der Waals surface area (Å²) in [4.78, 5) is 22.7. The Bertz CT molecular complexity index is 1010. The molecular weight excluding hydrogens is 376 g/mol. The third-order valence-electron chi connectivity index (χ3n) is 3.91. The normalized spacial score (nSPS) is 10.4. The number of carbonyl (C=O) groups excluding carboxylic acids is 1. The van der Waals surface area contributed by atoms with Crippen LogP contribution in [0.25, 0.3) is 5.69 Å². The van der Waals surface area contributed by atoms with Crippen molar-refractivity contribution in [3.8, 4) is 17.2 Å². The zero-order valence-corrected chi connectivity index (χ0v) is 16.0. The Morgan fingerprint density at radius 3 is 2.41 bits per heavy atom. The number of para-hydroxylation sites is 2. The van der Waals surface area contributed by atoms with Crippen molar-refractivity contribution >= 4 is 17.4 Å². The first-order chi connectivity index (χ1) is 14.0. The number of amides is 1. The van der Waals surface area contributed by atoms with Gasteiger partial charge in [0.15, 0.2) is 18.1 Å². The number of carbonyl (C=O) groups is 1. The fourth-order valence-electron chi connectivity index (χ4n) is 2.67. The fourth-order valence-corrected chi connectivity index (χ4v) is 2.67. The number of nitro benzene ring substituents is 1. The zero-order valence-electron chi connectivity index (χ0n) is 16.0. The molecule has 0 aliphatic rings. The third kappa shape index (κ3) is 4.89. The van der Waals surface area contributed by atoms with Crippen molar-refractivity contribution in [2.45, 2.75) is 13.8 Å². The number of nitrogens with zero attached hydrogens (tertiary/aromatic N) is 3. The standard InChI is InChI=1S/C20H20N4O5/c1-3-28-17-6-4-5-7-18(17)29-13-20(25)21-19-12-14(2)22-23(19)15-8-10-16(11-9-15)24(26)27/h4-12H,3,13H2,1-2H3,(H,21,25). The molecule has 3 aromatic rings. The lowest BCUT2D eigenvalue weighted by Gasteiger charge is -2.12. The Labute approximate surface area is 167 Å². The van der Waals surface area contributed by atoms with Crippen molar-refractivity contribution in [3.05, 3.63) is 70.4 Å². The van der Waals surface area contributed by atoms with Gasteiger partial charge in [0, 0.05) is 18.2 Å². The van der Waals surface area contributed by atoms with Crippen LogP contribution < -0.4 is 14.8 Å². The van der Waals surface area contributed by atoms with E-state index < -0.39 is 4.92 Å². The summed E-state index contributed by atoms with van der Waals surface area (Å²) < 4.78 is 12.6. The molecule has 0 atom stereocenters. The summed E-state index contributed by atoms with van der Waals surface area (Å²) in [5.41, 5.74) is 1.24. The largest absolute Gasteiger partial charge is 0.490 e. The molecule has 0 saturated carbocycles. The van der Waals surface area contributed by atoms with Crippen molar-refractivity contribution < 1.29 is 19.2 Å². The molecular formula is C20H20N4O5. The van der Waals surface area contributed by atoms with Crippen molar-refractivity contribution in [2.24, 2.45) is 0 Å². The molecule has 0 unspecified atom stereocenters. The number of non-ortho nitro benzene ring substituents is 1. The van der Waals surface area contributed by atoms with E-state index in [0.717, 1.165) is 0 Å². The van der Waals surface area contributed by atoms with Crippen molar-refractivity contribution in [3.63, 3.8) is 0 Å². The van der Waals surface area contributed by atoms with Gasteiger partial charge < -0.3 is 14.8 Å². The average Bonchev–Trinajstić information content (AvgIpc) is 3.07. The van der Waals surface area contributed by atoms with Crippen LogP contribution in [-0.2, 0) is 4.79 Å². The van der Waals surface area contributed by atoms with Crippen LogP contribution in [-0.4, -0.2) is 33.8 Å². The zero-order chi connectivity index (χ0) is 20.8. The van der Waals surface area contributed by atoms with Gasteiger partial charge in [-0.15, -0.1) is 0 Å². The van der Waals surface area contributed by atoms with E-state index in [1.54, 1.807) is 43.3 Å². The van der Waals surface area contributed by atoms with Gasteiger partial charge in [0.25, 0.3) is 11.6 Å². The summed E-state index contributed by atoms with van der Waals surface area (Å²) in [6.07, 6.45) is 0. The molecule has 9 heteroatoms. The number of nitrogens with one attached hydrogen (secondary N) is 1. The maximum absolute atomic E-state index is 12.4. The van der Waals surface area contributed by atoms with Gasteiger partial charge in [-0.25, -0.2) is 4.68 Å². The number of benzene rings is 2. The summed E-state index contributed by atoms with van der Waals surface area (Å²) in [6.45, 7) is 3.92. The third-order valence-corrected chi connectivity index (χ3v) is 3.91. The van der Waals surface area contributed by atoms with Gasteiger partial charge >= 0.3 is 0 Å². The molecule has 29 heavy (non-hydrogen) atoms. The number of anilines is 1. The highest BCUT2D eigenvalue weighted by atomic mass is 16.6. The molecule has 0 fully saturated rings. The fraction of sp³-hybridized carbons (Fsp3) is 0.200. The average molecular weight is 396 g/mol. The molecule has 150 valence electrons. The molecule has 1 aromatic heterocycles. The number of nitro groups is 1. The highest BCUT2D eigenvalue weighted by molar-refractivity contribution is 5.91. The summed E-state index contributed by atoms with van der Waals surface area (Å²) in [6, 6.07) is 14.7. The topological polar surface area (TPSA) is 109 Å². The predicted octanol–water partition coefficient (Wildman–Crippen LogP) is 3.51. The Balaban J connectivity index is 1.71. The highest BCUT2D eigenvalue weighted by Crippen LogP contribution is 2.26. The van der Waals surface area contributed by atoms with E-state index in [1.807, 2.05) is 13.0 Å². The molecule has 1 amide bonds. The molecule has 0 radical (unpaired) electrons. The van der Waals surface area contributed by atoms with Gasteiger partial charge in [-0.05, 0) is 38.1 Å². The Hall–Kier alpha value is -3.88.